The molecule has 138 valence electrons. The third kappa shape index (κ3) is 3.28. The van der Waals surface area contributed by atoms with Crippen LogP contribution < -0.4 is 4.74 Å². The van der Waals surface area contributed by atoms with E-state index in [1.54, 1.807) is 12.0 Å². The lowest BCUT2D eigenvalue weighted by Crippen LogP contribution is -2.30. The SMILES string of the molecule is COc1ccccc1-c1noc([C@H]2CCCN2C(=O)c2ccc(F)cc2)n1. The van der Waals surface area contributed by atoms with E-state index in [0.717, 1.165) is 18.4 Å². The Morgan fingerprint density at radius 2 is 2.00 bits per heavy atom. The maximum Gasteiger partial charge on any atom is 0.254 e. The van der Waals surface area contributed by atoms with E-state index in [9.17, 15) is 9.18 Å². The summed E-state index contributed by atoms with van der Waals surface area (Å²) in [5.41, 5.74) is 1.16. The van der Waals surface area contributed by atoms with Crippen LogP contribution in [-0.2, 0) is 0 Å². The molecule has 3 aromatic rings. The van der Waals surface area contributed by atoms with Crippen LogP contribution in [-0.4, -0.2) is 34.6 Å². The Labute approximate surface area is 155 Å². The van der Waals surface area contributed by atoms with Crippen LogP contribution in [0.15, 0.2) is 53.1 Å². The number of amides is 1. The summed E-state index contributed by atoms with van der Waals surface area (Å²) in [7, 11) is 1.58. The van der Waals surface area contributed by atoms with Gasteiger partial charge in [0.15, 0.2) is 0 Å². The standard InChI is InChI=1S/C20H18FN3O3/c1-26-17-7-3-2-5-15(17)18-22-19(27-23-18)16-6-4-12-24(16)20(25)13-8-10-14(21)11-9-13/h2-3,5,7-11,16H,4,6,12H2,1H3/t16-/m1/s1. The Hall–Kier alpha value is -3.22. The number of halogens is 1. The quantitative estimate of drug-likeness (QED) is 0.700. The molecule has 1 aliphatic heterocycles. The number of ether oxygens (including phenoxy) is 1. The van der Waals surface area contributed by atoms with Crippen molar-refractivity contribution < 1.29 is 18.4 Å². The summed E-state index contributed by atoms with van der Waals surface area (Å²) in [5, 5.41) is 4.06. The minimum Gasteiger partial charge on any atom is -0.496 e. The number of carbonyl (C=O) groups is 1. The lowest BCUT2D eigenvalue weighted by Gasteiger charge is -2.21. The Bertz CT molecular complexity index is 955. The Morgan fingerprint density at radius 1 is 1.22 bits per heavy atom. The summed E-state index contributed by atoms with van der Waals surface area (Å²) in [5.74, 6) is 0.917. The highest BCUT2D eigenvalue weighted by atomic mass is 19.1. The normalized spacial score (nSPS) is 16.5. The number of nitrogens with zero attached hydrogens (tertiary/aromatic N) is 3. The molecular weight excluding hydrogens is 349 g/mol. The largest absolute Gasteiger partial charge is 0.496 e. The van der Waals surface area contributed by atoms with Gasteiger partial charge >= 0.3 is 0 Å². The number of hydrogen-bond donors (Lipinski definition) is 0. The Morgan fingerprint density at radius 3 is 2.78 bits per heavy atom. The third-order valence-corrected chi connectivity index (χ3v) is 4.68. The van der Waals surface area contributed by atoms with Crippen molar-refractivity contribution in [2.45, 2.75) is 18.9 Å². The van der Waals surface area contributed by atoms with Gasteiger partial charge in [-0.15, -0.1) is 0 Å². The topological polar surface area (TPSA) is 68.5 Å². The van der Waals surface area contributed by atoms with Gasteiger partial charge in [0.25, 0.3) is 5.91 Å². The maximum absolute atomic E-state index is 13.1. The van der Waals surface area contributed by atoms with E-state index in [4.69, 9.17) is 9.26 Å². The molecule has 7 heteroatoms. The first-order valence-electron chi connectivity index (χ1n) is 8.71. The van der Waals surface area contributed by atoms with Crippen molar-refractivity contribution in [1.29, 1.82) is 0 Å². The minimum absolute atomic E-state index is 0.172. The third-order valence-electron chi connectivity index (χ3n) is 4.68. The van der Waals surface area contributed by atoms with Crippen LogP contribution in [0.5, 0.6) is 5.75 Å². The molecular formula is C20H18FN3O3. The fraction of sp³-hybridized carbons (Fsp3) is 0.250. The monoisotopic (exact) mass is 367 g/mol. The van der Waals surface area contributed by atoms with E-state index in [-0.39, 0.29) is 17.8 Å². The molecule has 0 saturated carbocycles. The predicted octanol–water partition coefficient (Wildman–Crippen LogP) is 3.86. The fourth-order valence-corrected chi connectivity index (χ4v) is 3.33. The van der Waals surface area contributed by atoms with Crippen molar-refractivity contribution in [3.05, 3.63) is 65.8 Å². The first kappa shape index (κ1) is 17.2. The first-order chi connectivity index (χ1) is 13.2. The average molecular weight is 367 g/mol. The van der Waals surface area contributed by atoms with Crippen LogP contribution in [0, 0.1) is 5.82 Å². The van der Waals surface area contributed by atoms with Gasteiger partial charge < -0.3 is 14.2 Å². The lowest BCUT2D eigenvalue weighted by atomic mass is 10.1. The van der Waals surface area contributed by atoms with Gasteiger partial charge in [0, 0.05) is 12.1 Å². The van der Waals surface area contributed by atoms with Gasteiger partial charge in [0.1, 0.15) is 17.6 Å². The number of carbonyl (C=O) groups excluding carboxylic acids is 1. The van der Waals surface area contributed by atoms with Crippen LogP contribution >= 0.6 is 0 Å². The number of hydrogen-bond acceptors (Lipinski definition) is 5. The summed E-state index contributed by atoms with van der Waals surface area (Å²) in [6, 6.07) is 12.7. The number of aromatic nitrogens is 2. The van der Waals surface area contributed by atoms with Crippen molar-refractivity contribution in [3.8, 4) is 17.1 Å². The van der Waals surface area contributed by atoms with Gasteiger partial charge in [-0.05, 0) is 49.2 Å². The van der Waals surface area contributed by atoms with Crippen LogP contribution in [0.2, 0.25) is 0 Å². The molecule has 1 atom stereocenters. The number of likely N-dealkylation sites (tertiary alicyclic amines) is 1. The van der Waals surface area contributed by atoms with Crippen molar-refractivity contribution >= 4 is 5.91 Å². The van der Waals surface area contributed by atoms with Crippen LogP contribution in [0.25, 0.3) is 11.4 Å². The van der Waals surface area contributed by atoms with Crippen LogP contribution in [0.3, 0.4) is 0 Å². The molecule has 27 heavy (non-hydrogen) atoms. The highest BCUT2D eigenvalue weighted by Crippen LogP contribution is 2.34. The van der Waals surface area contributed by atoms with E-state index in [1.165, 1.54) is 24.3 Å². The molecule has 0 radical (unpaired) electrons. The number of benzene rings is 2. The minimum atomic E-state index is -0.372. The van der Waals surface area contributed by atoms with Crippen molar-refractivity contribution in [2.75, 3.05) is 13.7 Å². The number of rotatable bonds is 4. The molecule has 2 aromatic carbocycles. The first-order valence-corrected chi connectivity index (χ1v) is 8.71. The number of para-hydroxylation sites is 1. The Balaban J connectivity index is 1.60. The number of methoxy groups -OCH3 is 1. The van der Waals surface area contributed by atoms with E-state index in [2.05, 4.69) is 10.1 Å². The van der Waals surface area contributed by atoms with Crippen LogP contribution in [0.4, 0.5) is 4.39 Å². The molecule has 1 fully saturated rings. The van der Waals surface area contributed by atoms with E-state index in [0.29, 0.717) is 29.6 Å². The zero-order valence-corrected chi connectivity index (χ0v) is 14.8. The zero-order valence-electron chi connectivity index (χ0n) is 14.8. The fourth-order valence-electron chi connectivity index (χ4n) is 3.33. The molecule has 0 spiro atoms. The van der Waals surface area contributed by atoms with Gasteiger partial charge in [-0.25, -0.2) is 4.39 Å². The van der Waals surface area contributed by atoms with E-state index < -0.39 is 0 Å². The second-order valence-electron chi connectivity index (χ2n) is 6.32. The summed E-state index contributed by atoms with van der Waals surface area (Å²) in [6.07, 6.45) is 1.57. The highest BCUT2D eigenvalue weighted by molar-refractivity contribution is 5.94. The molecule has 2 heterocycles. The summed E-state index contributed by atoms with van der Waals surface area (Å²) >= 11 is 0. The molecule has 0 bridgehead atoms. The molecule has 1 aliphatic rings. The molecule has 0 N–H and O–H groups in total. The Kier molecular flexibility index (Phi) is 4.58. The summed E-state index contributed by atoms with van der Waals surface area (Å²) < 4.78 is 23.9. The van der Waals surface area contributed by atoms with Crippen LogP contribution in [0.1, 0.15) is 35.1 Å². The molecule has 6 nitrogen and oxygen atoms in total. The zero-order chi connectivity index (χ0) is 18.8. The second-order valence-corrected chi connectivity index (χ2v) is 6.32. The highest BCUT2D eigenvalue weighted by Gasteiger charge is 2.34. The van der Waals surface area contributed by atoms with Crippen molar-refractivity contribution in [1.82, 2.24) is 15.0 Å². The van der Waals surface area contributed by atoms with Gasteiger partial charge in [0.05, 0.1) is 12.7 Å². The molecule has 1 aromatic heterocycles. The van der Waals surface area contributed by atoms with Gasteiger partial charge in [-0.2, -0.15) is 4.98 Å². The van der Waals surface area contributed by atoms with Crippen molar-refractivity contribution in [3.63, 3.8) is 0 Å². The summed E-state index contributed by atoms with van der Waals surface area (Å²) in [4.78, 5) is 19.0. The molecule has 0 unspecified atom stereocenters. The smallest absolute Gasteiger partial charge is 0.254 e. The lowest BCUT2D eigenvalue weighted by molar-refractivity contribution is 0.0710. The van der Waals surface area contributed by atoms with E-state index >= 15 is 0 Å². The van der Waals surface area contributed by atoms with Gasteiger partial charge in [-0.1, -0.05) is 17.3 Å². The van der Waals surface area contributed by atoms with Gasteiger partial charge in [0.2, 0.25) is 11.7 Å². The second kappa shape index (κ2) is 7.19. The van der Waals surface area contributed by atoms with Crippen molar-refractivity contribution in [2.24, 2.45) is 0 Å². The van der Waals surface area contributed by atoms with E-state index in [1.807, 2.05) is 24.3 Å². The maximum atomic E-state index is 13.1. The summed E-state index contributed by atoms with van der Waals surface area (Å²) in [6.45, 7) is 0.591. The predicted molar refractivity (Wildman–Crippen MR) is 95.7 cm³/mol. The van der Waals surface area contributed by atoms with Gasteiger partial charge in [-0.3, -0.25) is 4.79 Å². The average Bonchev–Trinajstić information content (AvgIpc) is 3.37. The molecule has 0 aliphatic carbocycles. The molecule has 4 rings (SSSR count). The molecule has 1 amide bonds. The molecule has 1 saturated heterocycles.